The fraction of sp³-hybridized carbons (Fsp3) is 0.784. The zero-order valence-electron chi connectivity index (χ0n) is 47.1. The zero-order valence-corrected chi connectivity index (χ0v) is 47.1. The van der Waals surface area contributed by atoms with Crippen LogP contribution >= 0.6 is 0 Å². The van der Waals surface area contributed by atoms with Crippen molar-refractivity contribution in [1.29, 1.82) is 0 Å². The zero-order chi connectivity index (χ0) is 61.3. The molecule has 0 bridgehead atoms. The Bertz CT molecular complexity index is 1990. The van der Waals surface area contributed by atoms with Gasteiger partial charge in [0.15, 0.2) is 12.6 Å². The molecule has 0 aromatic heterocycles. The maximum absolute atomic E-state index is 13.8. The summed E-state index contributed by atoms with van der Waals surface area (Å²) in [6, 6.07) is 0. The summed E-state index contributed by atoms with van der Waals surface area (Å²) in [5, 5.41) is 63.3. The third kappa shape index (κ3) is 31.1. The predicted octanol–water partition coefficient (Wildman–Crippen LogP) is -2.04. The molecule has 0 radical (unpaired) electrons. The second kappa shape index (κ2) is 45.3. The summed E-state index contributed by atoms with van der Waals surface area (Å²) >= 11 is 0. The van der Waals surface area contributed by atoms with E-state index in [-0.39, 0.29) is 59.1 Å². The van der Waals surface area contributed by atoms with Gasteiger partial charge in [-0.25, -0.2) is 19.0 Å². The molecule has 8 atom stereocenters. The van der Waals surface area contributed by atoms with Gasteiger partial charge in [-0.15, -0.1) is 0 Å². The summed E-state index contributed by atoms with van der Waals surface area (Å²) in [5.41, 5.74) is 6.95. The number of esters is 1. The SMILES string of the molecule is NN=C(C=NCCOCCOCCOCCN(CCOCCOCCOCCC(=O)Oc1c(F)c(F)c(F)c(F)c1F)CCOCCOCCOCCN(N)/C=C(\N)CCO[C@H]1C[C@@H](O)[C@@H](O)[C@@H](CO)O1)CCO[C@H]1C[C@@H](O)[C@@H](O)[C@@H](CO)O1. The normalized spacial score (nSPS) is 21.5. The lowest BCUT2D eigenvalue weighted by Gasteiger charge is -2.36. The molecule has 0 saturated carbocycles. The Morgan fingerprint density at radius 3 is 1.38 bits per heavy atom. The largest absolute Gasteiger partial charge is 0.420 e. The summed E-state index contributed by atoms with van der Waals surface area (Å²) in [5.74, 6) is -2.88. The number of hydrogen-bond donors (Lipinski definition) is 9. The quantitative estimate of drug-likeness (QED) is 0.00391. The fourth-order valence-corrected chi connectivity index (χ4v) is 7.45. The van der Waals surface area contributed by atoms with Crippen LogP contribution < -0.4 is 22.2 Å². The number of hydrazine groups is 1. The maximum atomic E-state index is 13.8. The number of hydrazone groups is 1. The molecule has 0 spiro atoms. The van der Waals surface area contributed by atoms with Gasteiger partial charge in [0.1, 0.15) is 24.4 Å². The van der Waals surface area contributed by atoms with Gasteiger partial charge in [-0.1, -0.05) is 0 Å². The first-order valence-corrected chi connectivity index (χ1v) is 27.5. The molecule has 0 unspecified atom stereocenters. The molecule has 0 aliphatic carbocycles. The van der Waals surface area contributed by atoms with E-state index in [1.54, 1.807) is 6.20 Å². The highest BCUT2D eigenvalue weighted by atomic mass is 19.2. The second-order valence-electron chi connectivity index (χ2n) is 18.5. The van der Waals surface area contributed by atoms with Crippen LogP contribution in [-0.4, -0.2) is 286 Å². The average Bonchev–Trinajstić information content (AvgIpc) is 3.58. The summed E-state index contributed by atoms with van der Waals surface area (Å²) in [6.07, 6.45) is -4.75. The van der Waals surface area contributed by atoms with Crippen molar-refractivity contribution in [1.82, 2.24) is 9.91 Å². The number of nitrogens with two attached hydrogens (primary N) is 3. The van der Waals surface area contributed by atoms with E-state index >= 15 is 0 Å². The molecule has 28 nitrogen and oxygen atoms in total. The monoisotopic (exact) mass is 1230 g/mol. The van der Waals surface area contributed by atoms with E-state index in [4.69, 9.17) is 79.0 Å². The average molecular weight is 1230 g/mol. The number of aliphatic hydroxyl groups excluding tert-OH is 6. The van der Waals surface area contributed by atoms with Crippen molar-refractivity contribution in [3.8, 4) is 5.75 Å². The number of aliphatic hydroxyl groups is 6. The standard InChI is InChI=1S/C51H86F5N7O21/c52-44-45(53)47(55)51(48(56)46(44)54)84-41(68)3-9-71-17-23-77-25-19-73-13-5-62(6-14-74-20-26-78-24-18-72-12-4-60-31-36(61-58)2-11-81-43-30-38(67)50(70)40(34-65)83-43)7-15-75-21-27-79-28-22-76-16-8-63(59)32-35(57)1-10-80-42-29-37(66)49(69)39(33-64)82-42/h31-32,37-40,42-43,49-50,64-67,69-70H,1-30,33-34,57-59H2/b35-32-,60-31?,61-36?/t37-,38-,39-,40-,42-,43-,49-,50-/m1/s1. The van der Waals surface area contributed by atoms with Crippen LogP contribution in [0.25, 0.3) is 0 Å². The molecule has 1 aromatic carbocycles. The molecule has 2 aliphatic heterocycles. The highest BCUT2D eigenvalue weighted by Gasteiger charge is 2.38. The first kappa shape index (κ1) is 74.2. The summed E-state index contributed by atoms with van der Waals surface area (Å²) < 4.78 is 144. The van der Waals surface area contributed by atoms with Crippen LogP contribution in [0.5, 0.6) is 5.75 Å². The molecule has 1 aromatic rings. The number of carbonyl (C=O) groups is 1. The first-order chi connectivity index (χ1) is 40.6. The number of nitrogens with zero attached hydrogens (tertiary/aromatic N) is 4. The number of benzene rings is 1. The van der Waals surface area contributed by atoms with E-state index in [0.29, 0.717) is 143 Å². The lowest BCUT2D eigenvalue weighted by atomic mass is 10.0. The second-order valence-corrected chi connectivity index (χ2v) is 18.5. The molecular weight excluding hydrogens is 1140 g/mol. The van der Waals surface area contributed by atoms with Gasteiger partial charge < -0.3 is 114 Å². The van der Waals surface area contributed by atoms with Crippen LogP contribution in [0.15, 0.2) is 22.0 Å². The first-order valence-electron chi connectivity index (χ1n) is 27.5. The van der Waals surface area contributed by atoms with E-state index in [9.17, 15) is 57.4 Å². The smallest absolute Gasteiger partial charge is 0.313 e. The highest BCUT2D eigenvalue weighted by Crippen LogP contribution is 2.29. The van der Waals surface area contributed by atoms with Crippen LogP contribution in [0.3, 0.4) is 0 Å². The van der Waals surface area contributed by atoms with Crippen LogP contribution in [-0.2, 0) is 66.4 Å². The number of aliphatic imine (C=N–C) groups is 1. The summed E-state index contributed by atoms with van der Waals surface area (Å²) in [4.78, 5) is 18.2. The van der Waals surface area contributed by atoms with E-state index in [1.165, 1.54) is 11.2 Å². The molecule has 2 fully saturated rings. The molecule has 2 heterocycles. The molecule has 84 heavy (non-hydrogen) atoms. The molecule has 2 aliphatic rings. The van der Waals surface area contributed by atoms with Crippen molar-refractivity contribution < 1.29 is 124 Å². The summed E-state index contributed by atoms with van der Waals surface area (Å²) in [7, 11) is 0. The molecule has 486 valence electrons. The van der Waals surface area contributed by atoms with Gasteiger partial charge in [0.2, 0.25) is 34.8 Å². The van der Waals surface area contributed by atoms with Gasteiger partial charge in [0.05, 0.1) is 183 Å². The Morgan fingerprint density at radius 1 is 0.548 bits per heavy atom. The number of halogens is 5. The van der Waals surface area contributed by atoms with Crippen LogP contribution in [0.2, 0.25) is 0 Å². The lowest BCUT2D eigenvalue weighted by molar-refractivity contribution is -0.256. The van der Waals surface area contributed by atoms with Gasteiger partial charge in [-0.2, -0.15) is 13.9 Å². The van der Waals surface area contributed by atoms with Crippen molar-refractivity contribution in [2.45, 2.75) is 81.3 Å². The van der Waals surface area contributed by atoms with Gasteiger partial charge >= 0.3 is 5.97 Å². The van der Waals surface area contributed by atoms with E-state index < -0.39 is 110 Å². The van der Waals surface area contributed by atoms with Gasteiger partial charge in [-0.05, 0) is 0 Å². The predicted molar refractivity (Wildman–Crippen MR) is 284 cm³/mol. The van der Waals surface area contributed by atoms with Gasteiger partial charge in [0.25, 0.3) is 0 Å². The molecule has 0 amide bonds. The Kier molecular flexibility index (Phi) is 40.0. The van der Waals surface area contributed by atoms with E-state index in [2.05, 4.69) is 19.7 Å². The Balaban J connectivity index is 1.24. The molecule has 33 heteroatoms. The third-order valence-corrected chi connectivity index (χ3v) is 12.1. The third-order valence-electron chi connectivity index (χ3n) is 12.1. The van der Waals surface area contributed by atoms with Crippen molar-refractivity contribution in [3.05, 3.63) is 41.0 Å². The van der Waals surface area contributed by atoms with Gasteiger partial charge in [0, 0.05) is 63.4 Å². The van der Waals surface area contributed by atoms with E-state index in [1.807, 2.05) is 0 Å². The molecule has 12 N–H and O–H groups in total. The lowest BCUT2D eigenvalue weighted by Crippen LogP contribution is -2.50. The van der Waals surface area contributed by atoms with Crippen molar-refractivity contribution >= 4 is 17.9 Å². The van der Waals surface area contributed by atoms with Crippen LogP contribution in [0, 0.1) is 29.1 Å². The number of rotatable bonds is 49. The van der Waals surface area contributed by atoms with Crippen molar-refractivity contribution in [3.63, 3.8) is 0 Å². The van der Waals surface area contributed by atoms with Crippen molar-refractivity contribution in [2.75, 3.05) is 178 Å². The number of ether oxygens (including phenoxy) is 14. The van der Waals surface area contributed by atoms with Crippen LogP contribution in [0.4, 0.5) is 22.0 Å². The Hall–Kier alpha value is -4.02. The number of hydrogen-bond acceptors (Lipinski definition) is 28. The summed E-state index contributed by atoms with van der Waals surface area (Å²) in [6.45, 7) is 6.54. The van der Waals surface area contributed by atoms with E-state index in [0.717, 1.165) is 0 Å². The van der Waals surface area contributed by atoms with Gasteiger partial charge in [-0.3, -0.25) is 14.7 Å². The fourth-order valence-electron chi connectivity index (χ4n) is 7.45. The molecule has 2 saturated heterocycles. The van der Waals surface area contributed by atoms with Crippen LogP contribution in [0.1, 0.15) is 32.1 Å². The Labute approximate surface area is 484 Å². The number of carbonyl (C=O) groups excluding carboxylic acids is 1. The van der Waals surface area contributed by atoms with Crippen molar-refractivity contribution in [2.24, 2.45) is 27.5 Å². The molecular formula is C51H86F5N7O21. The maximum Gasteiger partial charge on any atom is 0.313 e. The minimum absolute atomic E-state index is 0.0231. The topological polar surface area (TPSA) is 377 Å². The minimum Gasteiger partial charge on any atom is -0.420 e. The Morgan fingerprint density at radius 2 is 0.940 bits per heavy atom. The highest BCUT2D eigenvalue weighted by molar-refractivity contribution is 6.30. The minimum atomic E-state index is -2.37. The molecule has 3 rings (SSSR count).